The lowest BCUT2D eigenvalue weighted by atomic mass is 10.1. The molecule has 0 aromatic heterocycles. The van der Waals surface area contributed by atoms with Crippen molar-refractivity contribution in [2.45, 2.75) is 6.92 Å². The summed E-state index contributed by atoms with van der Waals surface area (Å²) >= 11 is 5.02. The van der Waals surface area contributed by atoms with Crippen LogP contribution in [-0.2, 0) is 0 Å². The van der Waals surface area contributed by atoms with Gasteiger partial charge in [0.1, 0.15) is 0 Å². The molecule has 6 heteroatoms. The highest BCUT2D eigenvalue weighted by molar-refractivity contribution is 14.1. The van der Waals surface area contributed by atoms with E-state index in [1.807, 2.05) is 22.6 Å². The number of carbonyl (C=O) groups excluding carboxylic acids is 1. The van der Waals surface area contributed by atoms with Crippen LogP contribution in [0, 0.1) is 13.7 Å². The van der Waals surface area contributed by atoms with Gasteiger partial charge in [-0.05, 0) is 41.6 Å². The first kappa shape index (κ1) is 11.6. The Morgan fingerprint density at radius 1 is 1.57 bits per heavy atom. The molecule has 14 heavy (non-hydrogen) atoms. The van der Waals surface area contributed by atoms with E-state index in [-0.39, 0.29) is 17.0 Å². The highest BCUT2D eigenvalue weighted by Gasteiger charge is 2.21. The molecule has 0 spiro atoms. The number of benzene rings is 1. The summed E-state index contributed by atoms with van der Waals surface area (Å²) in [5, 5.41) is 10.7. The number of hydrogen-bond donors (Lipinski definition) is 0. The number of hydrogen-bond acceptors (Lipinski definition) is 3. The van der Waals surface area contributed by atoms with Gasteiger partial charge in [-0.2, -0.15) is 0 Å². The maximum Gasteiger partial charge on any atom is 0.293 e. The third kappa shape index (κ3) is 2.30. The van der Waals surface area contributed by atoms with E-state index in [9.17, 15) is 14.9 Å². The summed E-state index contributed by atoms with van der Waals surface area (Å²) in [5.74, 6) is -0.309. The van der Waals surface area contributed by atoms with Gasteiger partial charge in [-0.3, -0.25) is 14.9 Å². The van der Waals surface area contributed by atoms with Gasteiger partial charge in [-0.15, -0.1) is 0 Å². The first-order valence-electron chi connectivity index (χ1n) is 3.58. The molecule has 0 aliphatic rings. The fourth-order valence-corrected chi connectivity index (χ4v) is 2.73. The predicted octanol–water partition coefficient (Wildman–Crippen LogP) is 3.16. The molecule has 1 rings (SSSR count). The fraction of sp³-hybridized carbons (Fsp3) is 0.125. The number of Topliss-reactive ketones (excluding diaryl/α,β-unsaturated/α-hetero) is 1. The number of carbonyl (C=O) groups is 1. The Balaban J connectivity index is 3.52. The minimum absolute atomic E-state index is 0.124. The first-order valence-corrected chi connectivity index (χ1v) is 5.45. The largest absolute Gasteiger partial charge is 0.294 e. The second-order valence-corrected chi connectivity index (χ2v) is 4.67. The van der Waals surface area contributed by atoms with E-state index in [0.29, 0.717) is 8.04 Å². The second-order valence-electron chi connectivity index (χ2n) is 2.60. The molecule has 0 heterocycles. The first-order chi connectivity index (χ1) is 6.43. The van der Waals surface area contributed by atoms with Crippen LogP contribution in [0.1, 0.15) is 17.3 Å². The number of nitro groups is 1. The Bertz CT molecular complexity index is 419. The Morgan fingerprint density at radius 3 is 2.57 bits per heavy atom. The minimum atomic E-state index is -0.537. The zero-order valence-electron chi connectivity index (χ0n) is 7.08. The van der Waals surface area contributed by atoms with Crippen LogP contribution < -0.4 is 0 Å². The zero-order valence-corrected chi connectivity index (χ0v) is 10.8. The average molecular weight is 370 g/mol. The minimum Gasteiger partial charge on any atom is -0.294 e. The number of rotatable bonds is 2. The monoisotopic (exact) mass is 369 g/mol. The maximum absolute atomic E-state index is 11.1. The molecule has 0 aliphatic carbocycles. The molecule has 0 fully saturated rings. The quantitative estimate of drug-likeness (QED) is 0.348. The SMILES string of the molecule is CC(=O)c1cc(Br)cc(I)c1[N+](=O)[O-]. The van der Waals surface area contributed by atoms with Crippen molar-refractivity contribution in [3.63, 3.8) is 0 Å². The van der Waals surface area contributed by atoms with Crippen LogP contribution in [0.2, 0.25) is 0 Å². The molecule has 0 saturated heterocycles. The fourth-order valence-electron chi connectivity index (χ4n) is 1.02. The molecule has 4 nitrogen and oxygen atoms in total. The molecule has 0 bridgehead atoms. The standard InChI is InChI=1S/C8H5BrINO3/c1-4(12)6-2-5(9)3-7(10)8(6)11(13)14/h2-3H,1H3. The van der Waals surface area contributed by atoms with Crippen LogP contribution in [0.3, 0.4) is 0 Å². The summed E-state index contributed by atoms with van der Waals surface area (Å²) in [6.07, 6.45) is 0. The molecule has 0 atom stereocenters. The normalized spacial score (nSPS) is 9.93. The average Bonchev–Trinajstić information content (AvgIpc) is 2.01. The molecule has 0 saturated carbocycles. The van der Waals surface area contributed by atoms with Gasteiger partial charge in [0, 0.05) is 4.47 Å². The molecular formula is C8H5BrINO3. The number of ketones is 1. The molecule has 1 aromatic carbocycles. The summed E-state index contributed by atoms with van der Waals surface area (Å²) < 4.78 is 1.12. The van der Waals surface area contributed by atoms with E-state index >= 15 is 0 Å². The Labute approximate surface area is 102 Å². The molecule has 74 valence electrons. The van der Waals surface area contributed by atoms with Gasteiger partial charge in [0.2, 0.25) is 0 Å². The van der Waals surface area contributed by atoms with Crippen LogP contribution in [0.4, 0.5) is 5.69 Å². The molecule has 0 aliphatic heterocycles. The van der Waals surface area contributed by atoms with Crippen molar-refractivity contribution in [1.82, 2.24) is 0 Å². The highest BCUT2D eigenvalue weighted by Crippen LogP contribution is 2.29. The van der Waals surface area contributed by atoms with Gasteiger partial charge in [0.05, 0.1) is 14.1 Å². The van der Waals surface area contributed by atoms with Crippen molar-refractivity contribution >= 4 is 50.0 Å². The number of nitrogens with zero attached hydrogens (tertiary/aromatic N) is 1. The van der Waals surface area contributed by atoms with Crippen LogP contribution in [0.15, 0.2) is 16.6 Å². The third-order valence-corrected chi connectivity index (χ3v) is 2.87. The van der Waals surface area contributed by atoms with E-state index in [0.717, 1.165) is 0 Å². The zero-order chi connectivity index (χ0) is 10.9. The Morgan fingerprint density at radius 2 is 2.14 bits per heavy atom. The number of halogens is 2. The summed E-state index contributed by atoms with van der Waals surface area (Å²) in [5.41, 5.74) is 0.00933. The van der Waals surface area contributed by atoms with Crippen LogP contribution in [-0.4, -0.2) is 10.7 Å². The van der Waals surface area contributed by atoms with Crippen molar-refractivity contribution in [2.24, 2.45) is 0 Å². The van der Waals surface area contributed by atoms with E-state index in [1.54, 1.807) is 6.07 Å². The molecule has 0 radical (unpaired) electrons. The van der Waals surface area contributed by atoms with Crippen LogP contribution >= 0.6 is 38.5 Å². The molecule has 0 N–H and O–H groups in total. The Kier molecular flexibility index (Phi) is 3.59. The van der Waals surface area contributed by atoms with E-state index in [4.69, 9.17) is 0 Å². The molecule has 0 unspecified atom stereocenters. The van der Waals surface area contributed by atoms with Gasteiger partial charge in [0.25, 0.3) is 5.69 Å². The lowest BCUT2D eigenvalue weighted by Gasteiger charge is -2.01. The summed E-state index contributed by atoms with van der Waals surface area (Å²) in [6, 6.07) is 3.06. The summed E-state index contributed by atoms with van der Waals surface area (Å²) in [4.78, 5) is 21.3. The van der Waals surface area contributed by atoms with Crippen molar-refractivity contribution in [3.05, 3.63) is 35.9 Å². The van der Waals surface area contributed by atoms with Crippen molar-refractivity contribution in [1.29, 1.82) is 0 Å². The van der Waals surface area contributed by atoms with Crippen LogP contribution in [0.5, 0.6) is 0 Å². The summed E-state index contributed by atoms with van der Waals surface area (Å²) in [6.45, 7) is 1.31. The van der Waals surface area contributed by atoms with Gasteiger partial charge in [-0.1, -0.05) is 15.9 Å². The maximum atomic E-state index is 11.1. The van der Waals surface area contributed by atoms with E-state index in [1.165, 1.54) is 13.0 Å². The van der Waals surface area contributed by atoms with Gasteiger partial charge in [-0.25, -0.2) is 0 Å². The molecule has 1 aromatic rings. The van der Waals surface area contributed by atoms with Gasteiger partial charge < -0.3 is 0 Å². The van der Waals surface area contributed by atoms with Crippen LogP contribution in [0.25, 0.3) is 0 Å². The third-order valence-electron chi connectivity index (χ3n) is 1.59. The summed E-state index contributed by atoms with van der Waals surface area (Å²) in [7, 11) is 0. The smallest absolute Gasteiger partial charge is 0.293 e. The van der Waals surface area contributed by atoms with Gasteiger partial charge in [0.15, 0.2) is 5.78 Å². The van der Waals surface area contributed by atoms with E-state index in [2.05, 4.69) is 15.9 Å². The van der Waals surface area contributed by atoms with Crippen molar-refractivity contribution in [2.75, 3.05) is 0 Å². The Hall–Kier alpha value is -0.500. The van der Waals surface area contributed by atoms with Gasteiger partial charge >= 0.3 is 0 Å². The second kappa shape index (κ2) is 4.35. The molecule has 0 amide bonds. The lowest BCUT2D eigenvalue weighted by Crippen LogP contribution is -2.02. The molecular weight excluding hydrogens is 365 g/mol. The predicted molar refractivity (Wildman–Crippen MR) is 63.5 cm³/mol. The van der Waals surface area contributed by atoms with E-state index < -0.39 is 4.92 Å². The van der Waals surface area contributed by atoms with Crippen molar-refractivity contribution in [3.8, 4) is 0 Å². The number of nitro benzene ring substituents is 1. The topological polar surface area (TPSA) is 60.2 Å². The highest BCUT2D eigenvalue weighted by atomic mass is 127. The van der Waals surface area contributed by atoms with Crippen molar-refractivity contribution < 1.29 is 9.72 Å². The lowest BCUT2D eigenvalue weighted by molar-refractivity contribution is -0.386.